The van der Waals surface area contributed by atoms with E-state index in [1.807, 2.05) is 31.2 Å². The predicted molar refractivity (Wildman–Crippen MR) is 111 cm³/mol. The number of H-pyrrole nitrogens is 1. The fourth-order valence-electron chi connectivity index (χ4n) is 4.34. The molecule has 1 aliphatic rings. The molecular formula is C23H24F2N2O3. The zero-order valence-corrected chi connectivity index (χ0v) is 17.2. The van der Waals surface area contributed by atoms with E-state index in [-0.39, 0.29) is 24.1 Å². The number of ether oxygens (including phenoxy) is 2. The van der Waals surface area contributed by atoms with Crippen LogP contribution in [0.5, 0.6) is 5.75 Å². The third kappa shape index (κ3) is 3.48. The van der Waals surface area contributed by atoms with E-state index in [0.717, 1.165) is 29.0 Å². The van der Waals surface area contributed by atoms with Crippen molar-refractivity contribution in [3.05, 3.63) is 75.2 Å². The Bertz CT molecular complexity index is 1130. The minimum absolute atomic E-state index is 0.0210. The van der Waals surface area contributed by atoms with Crippen LogP contribution in [-0.2, 0) is 11.3 Å². The van der Waals surface area contributed by atoms with Crippen LogP contribution in [0.3, 0.4) is 0 Å². The molecule has 2 aromatic carbocycles. The number of likely N-dealkylation sites (N-methyl/N-ethyl adjacent to an activating group) is 1. The average Bonchev–Trinajstić information content (AvgIpc) is 2.75. The summed E-state index contributed by atoms with van der Waals surface area (Å²) in [6.07, 6.45) is 0. The first kappa shape index (κ1) is 20.5. The first-order valence-corrected chi connectivity index (χ1v) is 9.95. The summed E-state index contributed by atoms with van der Waals surface area (Å²) in [5, 5.41) is 0.578. The van der Waals surface area contributed by atoms with Crippen LogP contribution < -0.4 is 10.3 Å². The van der Waals surface area contributed by atoms with Crippen molar-refractivity contribution in [2.24, 2.45) is 0 Å². The van der Waals surface area contributed by atoms with Gasteiger partial charge in [0.25, 0.3) is 5.56 Å². The number of nitrogens with one attached hydrogen (secondary N) is 1. The zero-order chi connectivity index (χ0) is 21.4. The molecular weight excluding hydrogens is 390 g/mol. The van der Waals surface area contributed by atoms with E-state index in [4.69, 9.17) is 9.47 Å². The molecule has 2 heterocycles. The number of halogens is 2. The Hall–Kier alpha value is -2.77. The third-order valence-electron chi connectivity index (χ3n) is 5.90. The molecule has 0 fully saturated rings. The fourth-order valence-corrected chi connectivity index (χ4v) is 4.34. The number of nitrogens with zero attached hydrogens (tertiary/aromatic N) is 1. The molecule has 1 aromatic heterocycles. The molecule has 0 amide bonds. The van der Waals surface area contributed by atoms with Gasteiger partial charge >= 0.3 is 0 Å². The van der Waals surface area contributed by atoms with E-state index in [9.17, 15) is 13.6 Å². The summed E-state index contributed by atoms with van der Waals surface area (Å²) in [6, 6.07) is 9.75. The summed E-state index contributed by atoms with van der Waals surface area (Å²) < 4.78 is 38.9. The maximum Gasteiger partial charge on any atom is 0.256 e. The van der Waals surface area contributed by atoms with Crippen LogP contribution in [-0.4, -0.2) is 30.1 Å². The number of benzene rings is 2. The number of aromatic amines is 1. The van der Waals surface area contributed by atoms with Crippen molar-refractivity contribution in [1.82, 2.24) is 9.88 Å². The van der Waals surface area contributed by atoms with Gasteiger partial charge in [-0.2, -0.15) is 0 Å². The maximum atomic E-state index is 14.1. The van der Waals surface area contributed by atoms with Crippen molar-refractivity contribution >= 4 is 10.8 Å². The monoisotopic (exact) mass is 414 g/mol. The van der Waals surface area contributed by atoms with E-state index >= 15 is 0 Å². The molecule has 0 radical (unpaired) electrons. The second-order valence-corrected chi connectivity index (χ2v) is 7.47. The van der Waals surface area contributed by atoms with Gasteiger partial charge in [-0.25, -0.2) is 8.78 Å². The lowest BCUT2D eigenvalue weighted by molar-refractivity contribution is 0.0173. The van der Waals surface area contributed by atoms with E-state index < -0.39 is 17.2 Å². The second-order valence-electron chi connectivity index (χ2n) is 7.47. The SMILES string of the molecule is CCN(C(C)c1ccc(OC)cc1)[C@@H]1COCc2[nH]c(=O)c3cc(F)c(F)cc3c21. The number of methoxy groups -OCH3 is 1. The summed E-state index contributed by atoms with van der Waals surface area (Å²) in [4.78, 5) is 17.5. The van der Waals surface area contributed by atoms with Gasteiger partial charge in [-0.3, -0.25) is 9.69 Å². The Morgan fingerprint density at radius 1 is 1.20 bits per heavy atom. The molecule has 0 aliphatic carbocycles. The molecule has 0 bridgehead atoms. The quantitative estimate of drug-likeness (QED) is 0.669. The molecule has 7 heteroatoms. The Labute approximate surface area is 173 Å². The predicted octanol–water partition coefficient (Wildman–Crippen LogP) is 4.47. The highest BCUT2D eigenvalue weighted by Gasteiger charge is 2.32. The summed E-state index contributed by atoms with van der Waals surface area (Å²) in [5.74, 6) is -1.22. The van der Waals surface area contributed by atoms with E-state index in [1.54, 1.807) is 7.11 Å². The molecule has 4 rings (SSSR count). The van der Waals surface area contributed by atoms with Crippen LogP contribution in [0, 0.1) is 11.6 Å². The van der Waals surface area contributed by atoms with Gasteiger partial charge < -0.3 is 14.5 Å². The molecule has 3 aromatic rings. The topological polar surface area (TPSA) is 54.6 Å². The van der Waals surface area contributed by atoms with E-state index in [0.29, 0.717) is 24.2 Å². The number of hydrogen-bond acceptors (Lipinski definition) is 4. The highest BCUT2D eigenvalue weighted by Crippen LogP contribution is 2.38. The molecule has 5 nitrogen and oxygen atoms in total. The smallest absolute Gasteiger partial charge is 0.256 e. The van der Waals surface area contributed by atoms with Gasteiger partial charge in [0.2, 0.25) is 0 Å². The Morgan fingerprint density at radius 3 is 2.50 bits per heavy atom. The average molecular weight is 414 g/mol. The zero-order valence-electron chi connectivity index (χ0n) is 17.2. The normalized spacial score (nSPS) is 17.2. The van der Waals surface area contributed by atoms with Crippen LogP contribution in [0.2, 0.25) is 0 Å². The second kappa shape index (κ2) is 8.16. The Kier molecular flexibility index (Phi) is 5.58. The van der Waals surface area contributed by atoms with Crippen molar-refractivity contribution in [1.29, 1.82) is 0 Å². The first-order chi connectivity index (χ1) is 14.4. The molecule has 1 unspecified atom stereocenters. The molecule has 1 N–H and O–H groups in total. The van der Waals surface area contributed by atoms with Crippen molar-refractivity contribution in [2.75, 3.05) is 20.3 Å². The van der Waals surface area contributed by atoms with Gasteiger partial charge in [-0.1, -0.05) is 19.1 Å². The van der Waals surface area contributed by atoms with E-state index in [1.165, 1.54) is 0 Å². The van der Waals surface area contributed by atoms with Gasteiger partial charge in [-0.05, 0) is 48.7 Å². The van der Waals surface area contributed by atoms with Crippen molar-refractivity contribution in [3.8, 4) is 5.75 Å². The maximum absolute atomic E-state index is 14.1. The van der Waals surface area contributed by atoms with Gasteiger partial charge in [-0.15, -0.1) is 0 Å². The summed E-state index contributed by atoms with van der Waals surface area (Å²) in [7, 11) is 1.63. The molecule has 158 valence electrons. The van der Waals surface area contributed by atoms with Crippen LogP contribution in [0.4, 0.5) is 8.78 Å². The number of pyridine rings is 1. The standard InChI is InChI=1S/C23H24F2N2O3/c1-4-27(13(2)14-5-7-15(29-3)8-6-14)21-12-30-11-20-22(21)16-9-18(24)19(25)10-17(16)23(28)26-20/h5-10,13,21H,4,11-12H2,1-3H3,(H,26,28)/t13?,21-/m1/s1. The largest absolute Gasteiger partial charge is 0.497 e. The molecule has 0 saturated heterocycles. The van der Waals surface area contributed by atoms with Gasteiger partial charge in [0, 0.05) is 17.3 Å². The summed E-state index contributed by atoms with van der Waals surface area (Å²) in [5.41, 5.74) is 2.04. The first-order valence-electron chi connectivity index (χ1n) is 9.95. The number of hydrogen-bond donors (Lipinski definition) is 1. The van der Waals surface area contributed by atoms with Crippen LogP contribution in [0.1, 0.15) is 42.8 Å². The summed E-state index contributed by atoms with van der Waals surface area (Å²) in [6.45, 7) is 5.45. The Balaban J connectivity index is 1.83. The number of aromatic nitrogens is 1. The highest BCUT2D eigenvalue weighted by molar-refractivity contribution is 5.86. The van der Waals surface area contributed by atoms with Gasteiger partial charge in [0.1, 0.15) is 5.75 Å². The van der Waals surface area contributed by atoms with Gasteiger partial charge in [0.15, 0.2) is 11.6 Å². The molecule has 1 aliphatic heterocycles. The molecule has 30 heavy (non-hydrogen) atoms. The molecule has 0 spiro atoms. The van der Waals surface area contributed by atoms with Crippen molar-refractivity contribution < 1.29 is 18.3 Å². The minimum Gasteiger partial charge on any atom is -0.497 e. The lowest BCUT2D eigenvalue weighted by Crippen LogP contribution is -2.37. The highest BCUT2D eigenvalue weighted by atomic mass is 19.2. The van der Waals surface area contributed by atoms with Crippen LogP contribution in [0.15, 0.2) is 41.2 Å². The van der Waals surface area contributed by atoms with Gasteiger partial charge in [0.05, 0.1) is 31.8 Å². The number of rotatable bonds is 5. The lowest BCUT2D eigenvalue weighted by Gasteiger charge is -2.39. The van der Waals surface area contributed by atoms with Crippen LogP contribution >= 0.6 is 0 Å². The minimum atomic E-state index is -1.03. The van der Waals surface area contributed by atoms with Crippen molar-refractivity contribution in [3.63, 3.8) is 0 Å². The molecule has 2 atom stereocenters. The third-order valence-corrected chi connectivity index (χ3v) is 5.90. The fraction of sp³-hybridized carbons (Fsp3) is 0.348. The van der Waals surface area contributed by atoms with E-state index in [2.05, 4.69) is 16.8 Å². The van der Waals surface area contributed by atoms with Crippen molar-refractivity contribution in [2.45, 2.75) is 32.5 Å². The summed E-state index contributed by atoms with van der Waals surface area (Å²) >= 11 is 0. The molecule has 0 saturated carbocycles. The van der Waals surface area contributed by atoms with Crippen LogP contribution in [0.25, 0.3) is 10.8 Å². The number of fused-ring (bicyclic) bond motifs is 3. The lowest BCUT2D eigenvalue weighted by atomic mass is 9.93. The Morgan fingerprint density at radius 2 is 1.87 bits per heavy atom.